The molecule has 2 fully saturated rings. The molecule has 6 rings (SSSR count). The van der Waals surface area contributed by atoms with E-state index in [0.717, 1.165) is 69.6 Å². The highest BCUT2D eigenvalue weighted by Crippen LogP contribution is 2.43. The summed E-state index contributed by atoms with van der Waals surface area (Å²) < 4.78 is 17.3. The third kappa shape index (κ3) is 5.41. The van der Waals surface area contributed by atoms with Crippen LogP contribution in [-0.4, -0.2) is 105 Å². The summed E-state index contributed by atoms with van der Waals surface area (Å²) in [6.07, 6.45) is 4.88. The van der Waals surface area contributed by atoms with E-state index in [1.54, 1.807) is 13.3 Å². The Morgan fingerprint density at radius 2 is 1.92 bits per heavy atom. The fourth-order valence-corrected chi connectivity index (χ4v) is 5.42. The molecule has 1 N–H and O–H groups in total. The van der Waals surface area contributed by atoms with Crippen molar-refractivity contribution in [2.24, 2.45) is 9.98 Å². The summed E-state index contributed by atoms with van der Waals surface area (Å²) >= 11 is 0. The van der Waals surface area contributed by atoms with Gasteiger partial charge in [-0.05, 0) is 43.5 Å². The summed E-state index contributed by atoms with van der Waals surface area (Å²) in [5.74, 6) is 3.01. The zero-order valence-electron chi connectivity index (χ0n) is 22.4. The lowest BCUT2D eigenvalue weighted by Gasteiger charge is -2.29. The summed E-state index contributed by atoms with van der Waals surface area (Å²) in [7, 11) is 1.61. The minimum absolute atomic E-state index is 0.265. The van der Waals surface area contributed by atoms with Gasteiger partial charge in [0.15, 0.2) is 11.5 Å². The average Bonchev–Trinajstić information content (AvgIpc) is 3.69. The Balaban J connectivity index is 1.18. The molecule has 2 saturated heterocycles. The number of amidine groups is 1. The zero-order valence-corrected chi connectivity index (χ0v) is 22.4. The normalized spacial score (nSPS) is 18.8. The predicted molar refractivity (Wildman–Crippen MR) is 149 cm³/mol. The number of aliphatic imine (C=N–C) groups is 2. The van der Waals surface area contributed by atoms with Gasteiger partial charge >= 0.3 is 0 Å². The molecule has 0 aliphatic carbocycles. The van der Waals surface area contributed by atoms with Gasteiger partial charge < -0.3 is 19.1 Å². The Kier molecular flexibility index (Phi) is 7.60. The molecular formula is C28H35N7O4. The lowest BCUT2D eigenvalue weighted by molar-refractivity contribution is 0.0357. The van der Waals surface area contributed by atoms with Crippen LogP contribution in [-0.2, 0) is 4.74 Å². The molecule has 0 spiro atoms. The zero-order chi connectivity index (χ0) is 26.6. The number of nitrogens with zero attached hydrogens (tertiary/aromatic N) is 6. The van der Waals surface area contributed by atoms with Crippen molar-refractivity contribution in [1.82, 2.24) is 20.1 Å². The van der Waals surface area contributed by atoms with Gasteiger partial charge in [-0.25, -0.2) is 9.98 Å². The SMILES string of the molecule is COc1c(OCCCN2CCOCC2)ccc2c1N=C(NC(=O)c1ccc(N3CCCC3)nc1)N1CCN=C21. The van der Waals surface area contributed by atoms with E-state index >= 15 is 0 Å². The first kappa shape index (κ1) is 25.6. The van der Waals surface area contributed by atoms with Crippen molar-refractivity contribution >= 4 is 29.2 Å². The van der Waals surface area contributed by atoms with Gasteiger partial charge in [0, 0.05) is 51.0 Å². The predicted octanol–water partition coefficient (Wildman–Crippen LogP) is 2.28. The number of methoxy groups -OCH3 is 1. The maximum Gasteiger partial charge on any atom is 0.259 e. The van der Waals surface area contributed by atoms with Crippen LogP contribution < -0.4 is 19.7 Å². The molecule has 1 aromatic heterocycles. The van der Waals surface area contributed by atoms with Crippen molar-refractivity contribution in [3.8, 4) is 11.5 Å². The number of fused-ring (bicyclic) bond motifs is 3. The van der Waals surface area contributed by atoms with Gasteiger partial charge in [-0.1, -0.05) is 0 Å². The highest BCUT2D eigenvalue weighted by atomic mass is 16.5. The molecule has 39 heavy (non-hydrogen) atoms. The van der Waals surface area contributed by atoms with Gasteiger partial charge in [0.1, 0.15) is 17.3 Å². The van der Waals surface area contributed by atoms with Crippen molar-refractivity contribution in [3.63, 3.8) is 0 Å². The van der Waals surface area contributed by atoms with Crippen LogP contribution in [0.1, 0.15) is 35.2 Å². The van der Waals surface area contributed by atoms with Crippen LogP contribution in [0, 0.1) is 0 Å². The smallest absolute Gasteiger partial charge is 0.259 e. The third-order valence-electron chi connectivity index (χ3n) is 7.50. The molecule has 1 amide bonds. The number of pyridine rings is 1. The summed E-state index contributed by atoms with van der Waals surface area (Å²) in [6.45, 7) is 8.30. The summed E-state index contributed by atoms with van der Waals surface area (Å²) in [5, 5.41) is 2.99. The number of carbonyl (C=O) groups is 1. The number of benzene rings is 1. The molecule has 5 heterocycles. The summed E-state index contributed by atoms with van der Waals surface area (Å²) in [4.78, 5) is 33.8. The molecule has 11 heteroatoms. The van der Waals surface area contributed by atoms with Crippen LogP contribution in [0.4, 0.5) is 11.5 Å². The van der Waals surface area contributed by atoms with E-state index in [1.807, 2.05) is 29.2 Å². The number of rotatable bonds is 8. The number of hydrogen-bond donors (Lipinski definition) is 1. The van der Waals surface area contributed by atoms with Crippen LogP contribution in [0.25, 0.3) is 0 Å². The van der Waals surface area contributed by atoms with Gasteiger partial charge in [0.05, 0.1) is 39.0 Å². The number of carbonyl (C=O) groups excluding carboxylic acids is 1. The van der Waals surface area contributed by atoms with Crippen LogP contribution >= 0.6 is 0 Å². The molecule has 0 unspecified atom stereocenters. The Bertz CT molecular complexity index is 1250. The van der Waals surface area contributed by atoms with Crippen molar-refractivity contribution in [2.75, 3.05) is 77.6 Å². The Hall–Kier alpha value is -3.70. The molecule has 0 saturated carbocycles. The number of hydrogen-bond acceptors (Lipinski definition) is 10. The average molecular weight is 534 g/mol. The topological polar surface area (TPSA) is 104 Å². The monoisotopic (exact) mass is 533 g/mol. The van der Waals surface area contributed by atoms with Crippen molar-refractivity contribution in [3.05, 3.63) is 41.6 Å². The highest BCUT2D eigenvalue weighted by molar-refractivity contribution is 6.20. The quantitative estimate of drug-likeness (QED) is 0.516. The van der Waals surface area contributed by atoms with E-state index in [2.05, 4.69) is 20.1 Å². The second kappa shape index (κ2) is 11.6. The lowest BCUT2D eigenvalue weighted by atomic mass is 10.1. The Morgan fingerprint density at radius 3 is 2.69 bits per heavy atom. The van der Waals surface area contributed by atoms with E-state index in [0.29, 0.717) is 48.4 Å². The fourth-order valence-electron chi connectivity index (χ4n) is 5.42. The first-order chi connectivity index (χ1) is 19.2. The number of anilines is 1. The highest BCUT2D eigenvalue weighted by Gasteiger charge is 2.33. The van der Waals surface area contributed by atoms with Crippen LogP contribution in [0.5, 0.6) is 11.5 Å². The number of morpholine rings is 1. The van der Waals surface area contributed by atoms with E-state index in [4.69, 9.17) is 24.2 Å². The Morgan fingerprint density at radius 1 is 1.08 bits per heavy atom. The largest absolute Gasteiger partial charge is 0.491 e. The number of ether oxygens (including phenoxy) is 3. The number of amides is 1. The first-order valence-electron chi connectivity index (χ1n) is 13.8. The number of nitrogens with one attached hydrogen (secondary N) is 1. The van der Waals surface area contributed by atoms with Gasteiger partial charge in [-0.2, -0.15) is 0 Å². The fraction of sp³-hybridized carbons (Fsp3) is 0.500. The Labute approximate surface area is 228 Å². The van der Waals surface area contributed by atoms with Crippen LogP contribution in [0.15, 0.2) is 40.4 Å². The minimum atomic E-state index is -0.265. The maximum atomic E-state index is 13.2. The summed E-state index contributed by atoms with van der Waals surface area (Å²) in [5.41, 5.74) is 1.95. The van der Waals surface area contributed by atoms with E-state index in [9.17, 15) is 4.79 Å². The van der Waals surface area contributed by atoms with Crippen molar-refractivity contribution in [2.45, 2.75) is 19.3 Å². The second-order valence-electron chi connectivity index (χ2n) is 9.99. The van der Waals surface area contributed by atoms with Gasteiger partial charge in [0.25, 0.3) is 5.91 Å². The van der Waals surface area contributed by atoms with E-state index < -0.39 is 0 Å². The van der Waals surface area contributed by atoms with Crippen molar-refractivity contribution < 1.29 is 19.0 Å². The number of aromatic nitrogens is 1. The van der Waals surface area contributed by atoms with Crippen LogP contribution in [0.2, 0.25) is 0 Å². The molecule has 4 aliphatic rings. The molecule has 11 nitrogen and oxygen atoms in total. The minimum Gasteiger partial charge on any atom is -0.491 e. The summed E-state index contributed by atoms with van der Waals surface area (Å²) in [6, 6.07) is 7.61. The second-order valence-corrected chi connectivity index (χ2v) is 9.99. The molecule has 0 radical (unpaired) electrons. The van der Waals surface area contributed by atoms with Crippen LogP contribution in [0.3, 0.4) is 0 Å². The van der Waals surface area contributed by atoms with Gasteiger partial charge in [-0.3, -0.25) is 24.9 Å². The molecular weight excluding hydrogens is 498 g/mol. The third-order valence-corrected chi connectivity index (χ3v) is 7.50. The number of guanidine groups is 1. The van der Waals surface area contributed by atoms with Gasteiger partial charge in [-0.15, -0.1) is 0 Å². The standard InChI is InChI=1S/C28H35N7O4/c1-37-25-22(39-16-4-10-33-14-17-38-18-15-33)7-6-21-24(25)31-28(35-13-9-29-26(21)35)32-27(36)20-5-8-23(30-19-20)34-11-2-3-12-34/h5-8,19H,2-4,9-18H2,1H3,(H,31,32,36). The molecule has 2 aromatic rings. The van der Waals surface area contributed by atoms with Gasteiger partial charge in [0.2, 0.25) is 5.96 Å². The molecule has 0 bridgehead atoms. The molecule has 1 aromatic carbocycles. The molecule has 0 atom stereocenters. The lowest BCUT2D eigenvalue weighted by Crippen LogP contribution is -2.47. The first-order valence-corrected chi connectivity index (χ1v) is 13.8. The van der Waals surface area contributed by atoms with E-state index in [1.165, 1.54) is 12.8 Å². The molecule has 4 aliphatic heterocycles. The molecule has 206 valence electrons. The van der Waals surface area contributed by atoms with Crippen molar-refractivity contribution in [1.29, 1.82) is 0 Å². The van der Waals surface area contributed by atoms with E-state index in [-0.39, 0.29) is 5.91 Å². The maximum absolute atomic E-state index is 13.2.